The van der Waals surface area contributed by atoms with E-state index in [1.54, 1.807) is 19.0 Å². The highest BCUT2D eigenvalue weighted by atomic mass is 16.2. The predicted octanol–water partition coefficient (Wildman–Crippen LogP) is -1.85. The molecule has 0 spiro atoms. The number of rotatable bonds is 8. The molecule has 0 aliphatic heterocycles. The molecule has 1 aromatic rings. The van der Waals surface area contributed by atoms with E-state index in [4.69, 9.17) is 11.5 Å². The molecule has 0 radical (unpaired) electrons. The van der Waals surface area contributed by atoms with Crippen LogP contribution in [0, 0.1) is 0 Å². The second-order valence-electron chi connectivity index (χ2n) is 4.47. The Kier molecular flexibility index (Phi) is 5.64. The number of nitrogens with two attached hydrogens (primary N) is 2. The molecule has 0 unspecified atom stereocenters. The molecule has 0 fully saturated rings. The van der Waals surface area contributed by atoms with Gasteiger partial charge in [0.25, 0.3) is 0 Å². The van der Waals surface area contributed by atoms with E-state index in [2.05, 4.69) is 20.3 Å². The Labute approximate surface area is 122 Å². The third-order valence-corrected chi connectivity index (χ3v) is 2.32. The molecule has 0 bridgehead atoms. The summed E-state index contributed by atoms with van der Waals surface area (Å²) < 4.78 is 0. The maximum Gasteiger partial charge on any atom is 0.237 e. The van der Waals surface area contributed by atoms with E-state index in [0.29, 0.717) is 18.4 Å². The van der Waals surface area contributed by atoms with Crippen molar-refractivity contribution in [3.05, 3.63) is 0 Å². The van der Waals surface area contributed by atoms with Crippen LogP contribution in [0.1, 0.15) is 6.92 Å². The number of hydrogen-bond donors (Lipinski definition) is 3. The maximum absolute atomic E-state index is 11.1. The third-order valence-electron chi connectivity index (χ3n) is 2.32. The highest BCUT2D eigenvalue weighted by Gasteiger charge is 2.18. The minimum Gasteiger partial charge on any atom is -0.368 e. The van der Waals surface area contributed by atoms with Gasteiger partial charge in [-0.05, 0) is 6.92 Å². The van der Waals surface area contributed by atoms with Gasteiger partial charge in [0.1, 0.15) is 13.1 Å². The predicted molar refractivity (Wildman–Crippen MR) is 78.9 cm³/mol. The summed E-state index contributed by atoms with van der Waals surface area (Å²) in [4.78, 5) is 37.8. The zero-order chi connectivity index (χ0) is 16.0. The molecule has 5 N–H and O–H groups in total. The van der Waals surface area contributed by atoms with Crippen LogP contribution in [0.15, 0.2) is 0 Å². The Morgan fingerprint density at radius 1 is 1.05 bits per heavy atom. The number of hydrogen-bond acceptors (Lipinski definition) is 8. The molecule has 0 saturated heterocycles. The van der Waals surface area contributed by atoms with Crippen LogP contribution in [0.5, 0.6) is 0 Å². The van der Waals surface area contributed by atoms with Crippen LogP contribution in [-0.2, 0) is 9.59 Å². The number of carbonyl (C=O) groups excluding carboxylic acids is 2. The van der Waals surface area contributed by atoms with Crippen molar-refractivity contribution in [2.24, 2.45) is 11.5 Å². The van der Waals surface area contributed by atoms with Crippen molar-refractivity contribution in [2.45, 2.75) is 6.92 Å². The normalized spacial score (nSPS) is 10.0. The van der Waals surface area contributed by atoms with Gasteiger partial charge in [0, 0.05) is 20.6 Å². The van der Waals surface area contributed by atoms with E-state index in [9.17, 15) is 9.59 Å². The van der Waals surface area contributed by atoms with Crippen molar-refractivity contribution in [2.75, 3.05) is 48.8 Å². The monoisotopic (exact) mass is 296 g/mol. The van der Waals surface area contributed by atoms with Crippen molar-refractivity contribution in [1.29, 1.82) is 0 Å². The first-order chi connectivity index (χ1) is 9.83. The lowest BCUT2D eigenvalue weighted by Crippen LogP contribution is -2.41. The van der Waals surface area contributed by atoms with E-state index < -0.39 is 11.8 Å². The van der Waals surface area contributed by atoms with Gasteiger partial charge in [-0.2, -0.15) is 15.0 Å². The van der Waals surface area contributed by atoms with Gasteiger partial charge in [-0.3, -0.25) is 9.59 Å². The molecule has 0 aliphatic rings. The fraction of sp³-hybridized carbons (Fsp3) is 0.545. The van der Waals surface area contributed by atoms with Crippen LogP contribution in [0.4, 0.5) is 17.8 Å². The molecule has 0 saturated carbocycles. The summed E-state index contributed by atoms with van der Waals surface area (Å²) >= 11 is 0. The average Bonchev–Trinajstić information content (AvgIpc) is 2.36. The molecule has 21 heavy (non-hydrogen) atoms. The summed E-state index contributed by atoms with van der Waals surface area (Å²) in [7, 11) is 3.53. The summed E-state index contributed by atoms with van der Waals surface area (Å²) in [6, 6.07) is 0. The molecule has 1 aromatic heterocycles. The molecule has 0 aromatic carbocycles. The van der Waals surface area contributed by atoms with Crippen molar-refractivity contribution >= 4 is 29.7 Å². The molecule has 10 heteroatoms. The van der Waals surface area contributed by atoms with E-state index in [1.165, 1.54) is 4.90 Å². The van der Waals surface area contributed by atoms with Crippen molar-refractivity contribution in [3.8, 4) is 0 Å². The van der Waals surface area contributed by atoms with Crippen LogP contribution < -0.4 is 26.6 Å². The second kappa shape index (κ2) is 7.22. The van der Waals surface area contributed by atoms with Crippen LogP contribution in [0.3, 0.4) is 0 Å². The average molecular weight is 296 g/mol. The third kappa shape index (κ3) is 5.09. The van der Waals surface area contributed by atoms with Crippen LogP contribution in [0.25, 0.3) is 0 Å². The molecule has 1 rings (SSSR count). The maximum atomic E-state index is 11.1. The number of amides is 2. The number of aromatic nitrogens is 3. The first-order valence-corrected chi connectivity index (χ1v) is 6.32. The Bertz CT molecular complexity index is 503. The van der Waals surface area contributed by atoms with Crippen molar-refractivity contribution < 1.29 is 9.59 Å². The molecule has 0 aliphatic carbocycles. The number of carbonyl (C=O) groups is 2. The highest BCUT2D eigenvalue weighted by molar-refractivity contribution is 5.84. The zero-order valence-electron chi connectivity index (χ0n) is 12.3. The van der Waals surface area contributed by atoms with Crippen LogP contribution >= 0.6 is 0 Å². The molecule has 116 valence electrons. The van der Waals surface area contributed by atoms with Crippen LogP contribution in [0.2, 0.25) is 0 Å². The molecule has 1 heterocycles. The number of nitrogens with zero attached hydrogens (tertiary/aromatic N) is 5. The zero-order valence-corrected chi connectivity index (χ0v) is 12.3. The summed E-state index contributed by atoms with van der Waals surface area (Å²) in [5.41, 5.74) is 10.3. The van der Waals surface area contributed by atoms with Gasteiger partial charge in [0.2, 0.25) is 29.7 Å². The summed E-state index contributed by atoms with van der Waals surface area (Å²) in [5, 5.41) is 2.96. The lowest BCUT2D eigenvalue weighted by molar-refractivity contribution is -0.117. The van der Waals surface area contributed by atoms with Gasteiger partial charge in [-0.1, -0.05) is 0 Å². The largest absolute Gasteiger partial charge is 0.368 e. The SMILES string of the molecule is CCNc1nc(N(C)C)nc(N(CC(N)=O)CC(N)=O)n1. The first-order valence-electron chi connectivity index (χ1n) is 6.32. The summed E-state index contributed by atoms with van der Waals surface area (Å²) in [6.07, 6.45) is 0. The van der Waals surface area contributed by atoms with Crippen LogP contribution in [-0.4, -0.2) is 60.5 Å². The van der Waals surface area contributed by atoms with Crippen molar-refractivity contribution in [1.82, 2.24) is 15.0 Å². The molecular formula is C11H20N8O2. The molecule has 2 amide bonds. The van der Waals surface area contributed by atoms with Gasteiger partial charge in [0.05, 0.1) is 0 Å². The highest BCUT2D eigenvalue weighted by Crippen LogP contribution is 2.14. The second-order valence-corrected chi connectivity index (χ2v) is 4.47. The fourth-order valence-corrected chi connectivity index (χ4v) is 1.51. The lowest BCUT2D eigenvalue weighted by atomic mass is 10.4. The topological polar surface area (TPSA) is 143 Å². The number of nitrogens with one attached hydrogen (secondary N) is 1. The standard InChI is InChI=1S/C11H20N8O2/c1-4-14-9-15-10(18(2)3)17-11(16-9)19(5-7(12)20)6-8(13)21/h4-6H2,1-3H3,(H2,12,20)(H2,13,21)(H,14,15,16,17). The molecule has 10 nitrogen and oxygen atoms in total. The van der Waals surface area contributed by atoms with Gasteiger partial charge in [-0.15, -0.1) is 0 Å². The summed E-state index contributed by atoms with van der Waals surface area (Å²) in [5.74, 6) is -0.358. The van der Waals surface area contributed by atoms with Crippen molar-refractivity contribution in [3.63, 3.8) is 0 Å². The minimum atomic E-state index is -0.618. The van der Waals surface area contributed by atoms with Gasteiger partial charge < -0.3 is 26.6 Å². The minimum absolute atomic E-state index is 0.155. The fourth-order valence-electron chi connectivity index (χ4n) is 1.51. The summed E-state index contributed by atoms with van der Waals surface area (Å²) in [6.45, 7) is 2.07. The quantitative estimate of drug-likeness (QED) is 0.507. The van der Waals surface area contributed by atoms with Gasteiger partial charge in [-0.25, -0.2) is 0 Å². The van der Waals surface area contributed by atoms with Gasteiger partial charge in [0.15, 0.2) is 0 Å². The Morgan fingerprint density at radius 2 is 1.57 bits per heavy atom. The van der Waals surface area contributed by atoms with Gasteiger partial charge >= 0.3 is 0 Å². The Balaban J connectivity index is 3.20. The Morgan fingerprint density at radius 3 is 2.00 bits per heavy atom. The number of primary amides is 2. The number of anilines is 3. The van der Waals surface area contributed by atoms with E-state index in [0.717, 1.165) is 0 Å². The Hall–Kier alpha value is -2.65. The molecular weight excluding hydrogens is 276 g/mol. The smallest absolute Gasteiger partial charge is 0.237 e. The van der Waals surface area contributed by atoms with E-state index in [-0.39, 0.29) is 19.0 Å². The lowest BCUT2D eigenvalue weighted by Gasteiger charge is -2.21. The van der Waals surface area contributed by atoms with E-state index >= 15 is 0 Å². The van der Waals surface area contributed by atoms with E-state index in [1.807, 2.05) is 6.92 Å². The molecule has 0 atom stereocenters. The first kappa shape index (κ1) is 16.4.